The van der Waals surface area contributed by atoms with Crippen LogP contribution in [0, 0.1) is 6.92 Å². The summed E-state index contributed by atoms with van der Waals surface area (Å²) in [5, 5.41) is 2.78. The largest absolute Gasteiger partial charge is 0.489 e. The van der Waals surface area contributed by atoms with E-state index in [9.17, 15) is 0 Å². The number of thioether (sulfide) groups is 1. The maximum atomic E-state index is 6.12. The van der Waals surface area contributed by atoms with E-state index >= 15 is 0 Å². The van der Waals surface area contributed by atoms with Gasteiger partial charge in [0.1, 0.15) is 0 Å². The van der Waals surface area contributed by atoms with Crippen molar-refractivity contribution in [2.24, 2.45) is 4.99 Å². The quantitative estimate of drug-likeness (QED) is 0.192. The molecule has 1 saturated heterocycles. The summed E-state index contributed by atoms with van der Waals surface area (Å²) in [6.45, 7) is 27.5. The Morgan fingerprint density at radius 2 is 1.65 bits per heavy atom. The van der Waals surface area contributed by atoms with Gasteiger partial charge in [-0.15, -0.1) is 18.3 Å². The molecule has 1 aromatic rings. The van der Waals surface area contributed by atoms with Crippen LogP contribution in [0.25, 0.3) is 5.70 Å². The molecule has 5 heteroatoms. The van der Waals surface area contributed by atoms with E-state index in [2.05, 4.69) is 105 Å². The van der Waals surface area contributed by atoms with E-state index in [0.717, 1.165) is 35.1 Å². The van der Waals surface area contributed by atoms with Gasteiger partial charge in [0.15, 0.2) is 0 Å². The van der Waals surface area contributed by atoms with Crippen molar-refractivity contribution in [1.82, 2.24) is 0 Å². The van der Waals surface area contributed by atoms with Crippen molar-refractivity contribution in [2.45, 2.75) is 91.6 Å². The minimum atomic E-state index is -0.384. The highest BCUT2D eigenvalue weighted by Gasteiger charge is 2.51. The summed E-state index contributed by atoms with van der Waals surface area (Å²) in [6, 6.07) is 8.39. The number of aliphatic imine (C=N–C) groups is 1. The number of aryl methyl sites for hydroxylation is 1. The lowest BCUT2D eigenvalue weighted by atomic mass is 9.76. The Hall–Kier alpha value is -1.82. The molecule has 0 aliphatic carbocycles. The molecule has 1 aliphatic rings. The van der Waals surface area contributed by atoms with Crippen LogP contribution >= 0.6 is 11.8 Å². The lowest BCUT2D eigenvalue weighted by Gasteiger charge is -2.32. The lowest BCUT2D eigenvalue weighted by molar-refractivity contribution is 0.00578. The number of hydrogen-bond donors (Lipinski definition) is 0. The first-order chi connectivity index (χ1) is 15.7. The summed E-state index contributed by atoms with van der Waals surface area (Å²) >= 11 is 1.83. The van der Waals surface area contributed by atoms with Crippen LogP contribution in [-0.2, 0) is 9.31 Å². The predicted molar refractivity (Wildman–Crippen MR) is 152 cm³/mol. The fourth-order valence-electron chi connectivity index (χ4n) is 3.39. The maximum absolute atomic E-state index is 6.12. The van der Waals surface area contributed by atoms with Gasteiger partial charge in [-0.25, -0.2) is 0 Å². The van der Waals surface area contributed by atoms with Crippen LogP contribution in [0.2, 0.25) is 0 Å². The standard InChI is InChI=1S/C29H42BNO2S/c1-20(2)34-19-23(5)25(7)27(26-15-13-12-14-22(26)4)31-18-21(3)16-17-24(6)30-32-28(8,9)29(10,11)33-30/h12-15,18-20H,3,6,16-17H2,1-2,4-5,7-11H3/b23-19+,27-25-,31-18+. The Balaban J connectivity index is 2.16. The second-order valence-corrected chi connectivity index (χ2v) is 11.9. The molecule has 0 unspecified atom stereocenters. The van der Waals surface area contributed by atoms with Gasteiger partial charge in [-0.1, -0.05) is 44.7 Å². The average molecular weight is 480 g/mol. The zero-order chi connectivity index (χ0) is 25.7. The summed E-state index contributed by atoms with van der Waals surface area (Å²) in [6.07, 6.45) is 3.39. The van der Waals surface area contributed by atoms with Crippen LogP contribution in [0.4, 0.5) is 0 Å². The van der Waals surface area contributed by atoms with Gasteiger partial charge in [-0.2, -0.15) is 0 Å². The van der Waals surface area contributed by atoms with Crippen LogP contribution in [-0.4, -0.2) is 29.8 Å². The molecular formula is C29H42BNO2S. The summed E-state index contributed by atoms with van der Waals surface area (Å²) in [7, 11) is -0.384. The van der Waals surface area contributed by atoms with Crippen LogP contribution in [0.3, 0.4) is 0 Å². The van der Waals surface area contributed by atoms with Crippen molar-refractivity contribution in [3.63, 3.8) is 0 Å². The summed E-state index contributed by atoms with van der Waals surface area (Å²) < 4.78 is 12.2. The highest BCUT2D eigenvalue weighted by Crippen LogP contribution is 2.39. The van der Waals surface area contributed by atoms with E-state index in [1.54, 1.807) is 0 Å². The van der Waals surface area contributed by atoms with E-state index in [-0.39, 0.29) is 18.3 Å². The minimum absolute atomic E-state index is 0.358. The van der Waals surface area contributed by atoms with Crippen molar-refractivity contribution in [3.05, 3.63) is 76.2 Å². The molecule has 184 valence electrons. The van der Waals surface area contributed by atoms with Gasteiger partial charge in [0.25, 0.3) is 0 Å². The number of benzene rings is 1. The van der Waals surface area contributed by atoms with Gasteiger partial charge in [-0.3, -0.25) is 4.99 Å². The van der Waals surface area contributed by atoms with Crippen molar-refractivity contribution in [3.8, 4) is 0 Å². The molecule has 3 nitrogen and oxygen atoms in total. The van der Waals surface area contributed by atoms with Crippen molar-refractivity contribution >= 4 is 30.8 Å². The highest BCUT2D eigenvalue weighted by atomic mass is 32.2. The first-order valence-corrected chi connectivity index (χ1v) is 13.0. The molecule has 2 rings (SSSR count). The van der Waals surface area contributed by atoms with Crippen molar-refractivity contribution in [2.75, 3.05) is 0 Å². The molecular weight excluding hydrogens is 437 g/mol. The monoisotopic (exact) mass is 479 g/mol. The van der Waals surface area contributed by atoms with Gasteiger partial charge in [0, 0.05) is 17.0 Å². The fraction of sp³-hybridized carbons (Fsp3) is 0.483. The van der Waals surface area contributed by atoms with E-state index < -0.39 is 0 Å². The van der Waals surface area contributed by atoms with Gasteiger partial charge in [-0.05, 0) is 94.5 Å². The van der Waals surface area contributed by atoms with Crippen molar-refractivity contribution in [1.29, 1.82) is 0 Å². The number of hydrogen-bond acceptors (Lipinski definition) is 4. The SMILES string of the molecule is C=C(/C=N/C(=C(C)\C(C)=C\SC(C)C)c1ccccc1C)CCC(=C)B1OC(C)(C)C(C)(C)O1. The zero-order valence-electron chi connectivity index (χ0n) is 22.6. The molecule has 34 heavy (non-hydrogen) atoms. The molecule has 1 fully saturated rings. The van der Waals surface area contributed by atoms with Gasteiger partial charge < -0.3 is 9.31 Å². The Labute approximate surface area is 212 Å². The zero-order valence-corrected chi connectivity index (χ0v) is 23.4. The topological polar surface area (TPSA) is 30.8 Å². The molecule has 1 aromatic carbocycles. The third kappa shape index (κ3) is 7.34. The first kappa shape index (κ1) is 28.4. The molecule has 1 aliphatic heterocycles. The lowest BCUT2D eigenvalue weighted by Crippen LogP contribution is -2.41. The van der Waals surface area contributed by atoms with Crippen LogP contribution in [0.15, 0.2) is 70.0 Å². The second-order valence-electron chi connectivity index (χ2n) is 10.4. The Kier molecular flexibility index (Phi) is 9.82. The minimum Gasteiger partial charge on any atom is -0.400 e. The second kappa shape index (κ2) is 11.7. The fourth-order valence-corrected chi connectivity index (χ4v) is 4.04. The molecule has 0 atom stereocenters. The van der Waals surface area contributed by atoms with Crippen LogP contribution in [0.5, 0.6) is 0 Å². The van der Waals surface area contributed by atoms with E-state index in [1.165, 1.54) is 16.7 Å². The smallest absolute Gasteiger partial charge is 0.400 e. The molecule has 0 N–H and O–H groups in total. The summed E-state index contributed by atoms with van der Waals surface area (Å²) in [5.41, 5.74) is 6.92. The average Bonchev–Trinajstić information content (AvgIpc) is 2.98. The summed E-state index contributed by atoms with van der Waals surface area (Å²) in [4.78, 5) is 4.94. The molecule has 0 bridgehead atoms. The number of allylic oxidation sites excluding steroid dienone is 4. The number of nitrogens with zero attached hydrogens (tertiary/aromatic N) is 1. The maximum Gasteiger partial charge on any atom is 0.489 e. The molecule has 0 aromatic heterocycles. The van der Waals surface area contributed by atoms with E-state index in [0.29, 0.717) is 5.25 Å². The molecule has 0 amide bonds. The Bertz CT molecular complexity index is 985. The normalized spacial score (nSPS) is 18.5. The summed E-state index contributed by atoms with van der Waals surface area (Å²) in [5.74, 6) is 0. The Morgan fingerprint density at radius 3 is 2.21 bits per heavy atom. The van der Waals surface area contributed by atoms with Crippen LogP contribution in [0.1, 0.15) is 79.4 Å². The Morgan fingerprint density at radius 1 is 1.06 bits per heavy atom. The van der Waals surface area contributed by atoms with Crippen LogP contribution < -0.4 is 0 Å². The molecule has 0 spiro atoms. The van der Waals surface area contributed by atoms with Crippen molar-refractivity contribution < 1.29 is 9.31 Å². The third-order valence-corrected chi connectivity index (χ3v) is 7.63. The highest BCUT2D eigenvalue weighted by molar-refractivity contribution is 8.02. The molecule has 1 heterocycles. The molecule has 0 radical (unpaired) electrons. The third-order valence-electron chi connectivity index (χ3n) is 6.59. The van der Waals surface area contributed by atoms with E-state index in [1.807, 2.05) is 18.0 Å². The molecule has 0 saturated carbocycles. The van der Waals surface area contributed by atoms with Gasteiger partial charge in [0.2, 0.25) is 0 Å². The predicted octanol–water partition coefficient (Wildman–Crippen LogP) is 8.37. The van der Waals surface area contributed by atoms with E-state index in [4.69, 9.17) is 14.3 Å². The van der Waals surface area contributed by atoms with Gasteiger partial charge in [0.05, 0.1) is 16.9 Å². The first-order valence-electron chi connectivity index (χ1n) is 12.1. The van der Waals surface area contributed by atoms with Gasteiger partial charge >= 0.3 is 7.12 Å². The number of rotatable bonds is 10.